The van der Waals surface area contributed by atoms with Crippen LogP contribution in [0.1, 0.15) is 41.6 Å². The zero-order valence-corrected chi connectivity index (χ0v) is 16.0. The summed E-state index contributed by atoms with van der Waals surface area (Å²) in [4.78, 5) is 12.1. The summed E-state index contributed by atoms with van der Waals surface area (Å²) in [7, 11) is 2.04. The minimum absolute atomic E-state index is 0.512. The molecular formula is C21H26N6. The number of nitrogens with zero attached hydrogens (tertiary/aromatic N) is 4. The van der Waals surface area contributed by atoms with Crippen LogP contribution in [0.25, 0.3) is 0 Å². The Morgan fingerprint density at radius 1 is 1.22 bits per heavy atom. The van der Waals surface area contributed by atoms with Gasteiger partial charge in [-0.3, -0.25) is 0 Å². The largest absolute Gasteiger partial charge is 0.355 e. The number of hydrogen-bond acceptors (Lipinski definition) is 6. The van der Waals surface area contributed by atoms with Crippen LogP contribution in [0, 0.1) is 18.3 Å². The highest BCUT2D eigenvalue weighted by atomic mass is 15.2. The Kier molecular flexibility index (Phi) is 4.95. The Hall–Kier alpha value is -2.65. The third-order valence-corrected chi connectivity index (χ3v) is 5.65. The smallest absolute Gasteiger partial charge is 0.229 e. The van der Waals surface area contributed by atoms with E-state index in [4.69, 9.17) is 9.97 Å². The van der Waals surface area contributed by atoms with Crippen LogP contribution in [0.2, 0.25) is 0 Å². The number of likely N-dealkylation sites (N-methyl/N-ethyl adjacent to an activating group) is 1. The Labute approximate surface area is 160 Å². The molecule has 2 aromatic rings. The molecule has 0 amide bonds. The van der Waals surface area contributed by atoms with Gasteiger partial charge >= 0.3 is 0 Å². The molecule has 2 heterocycles. The standard InChI is InChI=1S/C21H26N6/c1-14-8-9-16(11-15(14)12-22)24-21-25-19-7-3-6-18(19)20(26-21)27-10-4-5-17(13-27)23-2/h8-9,11,17,23H,3-7,10,13H2,1-2H3,(H,24,25,26). The molecule has 0 saturated carbocycles. The molecule has 1 saturated heterocycles. The number of rotatable bonds is 4. The summed E-state index contributed by atoms with van der Waals surface area (Å²) < 4.78 is 0. The Morgan fingerprint density at radius 3 is 2.93 bits per heavy atom. The second-order valence-corrected chi connectivity index (χ2v) is 7.49. The number of piperidine rings is 1. The maximum Gasteiger partial charge on any atom is 0.229 e. The average Bonchev–Trinajstić information content (AvgIpc) is 3.17. The summed E-state index contributed by atoms with van der Waals surface area (Å²) in [5, 5.41) is 16.0. The highest BCUT2D eigenvalue weighted by Crippen LogP contribution is 2.32. The number of hydrogen-bond donors (Lipinski definition) is 2. The first-order chi connectivity index (χ1) is 13.2. The summed E-state index contributed by atoms with van der Waals surface area (Å²) in [6.07, 6.45) is 5.62. The maximum absolute atomic E-state index is 9.28. The van der Waals surface area contributed by atoms with E-state index >= 15 is 0 Å². The molecule has 2 aliphatic rings. The van der Waals surface area contributed by atoms with Gasteiger partial charge in [0, 0.05) is 30.4 Å². The third kappa shape index (κ3) is 3.60. The van der Waals surface area contributed by atoms with Crippen molar-refractivity contribution in [2.45, 2.75) is 45.1 Å². The van der Waals surface area contributed by atoms with E-state index in [1.54, 1.807) is 0 Å². The van der Waals surface area contributed by atoms with Crippen molar-refractivity contribution in [3.05, 3.63) is 40.6 Å². The molecule has 0 spiro atoms. The lowest BCUT2D eigenvalue weighted by molar-refractivity contribution is 0.447. The second kappa shape index (κ2) is 7.53. The number of aromatic nitrogens is 2. The van der Waals surface area contributed by atoms with E-state index in [1.165, 1.54) is 24.1 Å². The minimum atomic E-state index is 0.512. The molecule has 1 aromatic carbocycles. The number of nitriles is 1. The molecule has 1 atom stereocenters. The third-order valence-electron chi connectivity index (χ3n) is 5.65. The molecule has 27 heavy (non-hydrogen) atoms. The van der Waals surface area contributed by atoms with E-state index in [1.807, 2.05) is 32.2 Å². The van der Waals surface area contributed by atoms with Gasteiger partial charge in [-0.2, -0.15) is 10.2 Å². The van der Waals surface area contributed by atoms with E-state index in [9.17, 15) is 5.26 Å². The fourth-order valence-corrected chi connectivity index (χ4v) is 4.08. The van der Waals surface area contributed by atoms with Crippen LogP contribution in [0.15, 0.2) is 18.2 Å². The SMILES string of the molecule is CNC1CCCN(c2nc(Nc3ccc(C)c(C#N)c3)nc3c2CCC3)C1. The van der Waals surface area contributed by atoms with E-state index in [-0.39, 0.29) is 0 Å². The fourth-order valence-electron chi connectivity index (χ4n) is 4.08. The normalized spacial score (nSPS) is 18.9. The van der Waals surface area contributed by atoms with Gasteiger partial charge in [-0.05, 0) is 63.8 Å². The first kappa shape index (κ1) is 17.7. The van der Waals surface area contributed by atoms with Crippen molar-refractivity contribution < 1.29 is 0 Å². The van der Waals surface area contributed by atoms with Crippen LogP contribution in [0.3, 0.4) is 0 Å². The number of anilines is 3. The topological polar surface area (TPSA) is 76.9 Å². The molecule has 1 aromatic heterocycles. The Bertz CT molecular complexity index is 885. The van der Waals surface area contributed by atoms with Gasteiger partial charge in [0.15, 0.2) is 0 Å². The van der Waals surface area contributed by atoms with Crippen LogP contribution in [0.4, 0.5) is 17.5 Å². The highest BCUT2D eigenvalue weighted by Gasteiger charge is 2.26. The quantitative estimate of drug-likeness (QED) is 0.870. The lowest BCUT2D eigenvalue weighted by Crippen LogP contribution is -2.45. The Balaban J connectivity index is 1.66. The first-order valence-corrected chi connectivity index (χ1v) is 9.77. The molecular weight excluding hydrogens is 336 g/mol. The maximum atomic E-state index is 9.28. The van der Waals surface area contributed by atoms with E-state index < -0.39 is 0 Å². The van der Waals surface area contributed by atoms with Crippen LogP contribution in [-0.2, 0) is 12.8 Å². The van der Waals surface area contributed by atoms with Crippen molar-refractivity contribution in [3.8, 4) is 6.07 Å². The predicted octanol–water partition coefficient (Wildman–Crippen LogP) is 3.08. The lowest BCUT2D eigenvalue weighted by atomic mass is 10.1. The van der Waals surface area contributed by atoms with Gasteiger partial charge in [-0.25, -0.2) is 4.98 Å². The van der Waals surface area contributed by atoms with Crippen molar-refractivity contribution in [2.75, 3.05) is 30.4 Å². The number of aryl methyl sites for hydroxylation is 2. The van der Waals surface area contributed by atoms with Crippen LogP contribution < -0.4 is 15.5 Å². The van der Waals surface area contributed by atoms with Gasteiger partial charge < -0.3 is 15.5 Å². The zero-order chi connectivity index (χ0) is 18.8. The van der Waals surface area contributed by atoms with Gasteiger partial charge in [0.25, 0.3) is 0 Å². The molecule has 0 bridgehead atoms. The van der Waals surface area contributed by atoms with E-state index in [0.717, 1.165) is 49.4 Å². The molecule has 1 aliphatic carbocycles. The van der Waals surface area contributed by atoms with Gasteiger partial charge in [0.1, 0.15) is 5.82 Å². The van der Waals surface area contributed by atoms with Crippen LogP contribution in [0.5, 0.6) is 0 Å². The first-order valence-electron chi connectivity index (χ1n) is 9.77. The Morgan fingerprint density at radius 2 is 2.11 bits per heavy atom. The van der Waals surface area contributed by atoms with Gasteiger partial charge in [0.05, 0.1) is 17.3 Å². The molecule has 1 fully saturated rings. The minimum Gasteiger partial charge on any atom is -0.355 e. The van der Waals surface area contributed by atoms with Gasteiger partial charge in [-0.1, -0.05) is 6.07 Å². The molecule has 6 nitrogen and oxygen atoms in total. The average molecular weight is 362 g/mol. The summed E-state index contributed by atoms with van der Waals surface area (Å²) in [6.45, 7) is 3.98. The predicted molar refractivity (Wildman–Crippen MR) is 108 cm³/mol. The zero-order valence-electron chi connectivity index (χ0n) is 16.0. The molecule has 140 valence electrons. The molecule has 4 rings (SSSR count). The summed E-state index contributed by atoms with van der Waals surface area (Å²) in [5.41, 5.74) is 4.99. The van der Waals surface area contributed by atoms with Crippen LogP contribution >= 0.6 is 0 Å². The second-order valence-electron chi connectivity index (χ2n) is 7.49. The summed E-state index contributed by atoms with van der Waals surface area (Å²) in [6, 6.07) is 8.55. The van der Waals surface area contributed by atoms with Crippen LogP contribution in [-0.4, -0.2) is 36.1 Å². The summed E-state index contributed by atoms with van der Waals surface area (Å²) >= 11 is 0. The fraction of sp³-hybridized carbons (Fsp3) is 0.476. The van der Waals surface area contributed by atoms with Crippen molar-refractivity contribution >= 4 is 17.5 Å². The lowest BCUT2D eigenvalue weighted by Gasteiger charge is -2.34. The molecule has 1 unspecified atom stereocenters. The molecule has 0 radical (unpaired) electrons. The van der Waals surface area contributed by atoms with Crippen molar-refractivity contribution in [2.24, 2.45) is 0 Å². The van der Waals surface area contributed by atoms with Gasteiger partial charge in [-0.15, -0.1) is 0 Å². The summed E-state index contributed by atoms with van der Waals surface area (Å²) in [5.74, 6) is 1.72. The molecule has 2 N–H and O–H groups in total. The van der Waals surface area contributed by atoms with Crippen molar-refractivity contribution in [1.82, 2.24) is 15.3 Å². The monoisotopic (exact) mass is 362 g/mol. The number of fused-ring (bicyclic) bond motifs is 1. The van der Waals surface area contributed by atoms with E-state index in [2.05, 4.69) is 21.6 Å². The molecule has 6 heteroatoms. The number of nitrogens with one attached hydrogen (secondary N) is 2. The molecule has 1 aliphatic heterocycles. The van der Waals surface area contributed by atoms with Crippen molar-refractivity contribution in [3.63, 3.8) is 0 Å². The van der Waals surface area contributed by atoms with E-state index in [0.29, 0.717) is 17.6 Å². The van der Waals surface area contributed by atoms with Gasteiger partial charge in [0.2, 0.25) is 5.95 Å². The van der Waals surface area contributed by atoms with Crippen molar-refractivity contribution in [1.29, 1.82) is 5.26 Å². The highest BCUT2D eigenvalue weighted by molar-refractivity contribution is 5.61. The number of benzene rings is 1.